The standard InChI is InChI=1S/C15H18N4O2/c1-20-15-14(17-6-7-18-15)19-13-10-21-9-12(13)8-11-2-4-16-5-3-11/h2-7,12-13H,8-10H2,1H3,(H,17,19)/t12-,13-/m1/s1. The predicted molar refractivity (Wildman–Crippen MR) is 78.2 cm³/mol. The number of nitrogens with zero attached hydrogens (tertiary/aromatic N) is 3. The van der Waals surface area contributed by atoms with Crippen molar-refractivity contribution in [2.24, 2.45) is 5.92 Å². The Bertz CT molecular complexity index is 579. The molecule has 0 aromatic carbocycles. The topological polar surface area (TPSA) is 69.2 Å². The molecule has 0 saturated carbocycles. The molecule has 0 bridgehead atoms. The highest BCUT2D eigenvalue weighted by Gasteiger charge is 2.29. The van der Waals surface area contributed by atoms with E-state index in [1.807, 2.05) is 24.5 Å². The fraction of sp³-hybridized carbons (Fsp3) is 0.400. The molecule has 0 radical (unpaired) electrons. The highest BCUT2D eigenvalue weighted by molar-refractivity contribution is 5.45. The first kappa shape index (κ1) is 13.8. The van der Waals surface area contributed by atoms with Gasteiger partial charge in [0.05, 0.1) is 26.4 Å². The number of methoxy groups -OCH3 is 1. The average molecular weight is 286 g/mol. The van der Waals surface area contributed by atoms with Gasteiger partial charge in [-0.05, 0) is 24.1 Å². The molecule has 0 unspecified atom stereocenters. The Morgan fingerprint density at radius 2 is 2.00 bits per heavy atom. The predicted octanol–water partition coefficient (Wildman–Crippen LogP) is 1.55. The zero-order valence-corrected chi connectivity index (χ0v) is 11.9. The first-order chi connectivity index (χ1) is 10.4. The average Bonchev–Trinajstić information content (AvgIpc) is 2.96. The number of rotatable bonds is 5. The van der Waals surface area contributed by atoms with Crippen molar-refractivity contribution in [1.29, 1.82) is 0 Å². The lowest BCUT2D eigenvalue weighted by Crippen LogP contribution is -2.30. The molecule has 2 aromatic heterocycles. The molecule has 1 aliphatic rings. The molecule has 0 aliphatic carbocycles. The SMILES string of the molecule is COc1nccnc1N[C@@H]1COC[C@H]1Cc1ccncc1. The van der Waals surface area contributed by atoms with Crippen LogP contribution in [0.15, 0.2) is 36.9 Å². The van der Waals surface area contributed by atoms with Gasteiger partial charge in [-0.15, -0.1) is 0 Å². The van der Waals surface area contributed by atoms with Crippen molar-refractivity contribution in [3.63, 3.8) is 0 Å². The molecular weight excluding hydrogens is 268 g/mol. The molecule has 0 amide bonds. The van der Waals surface area contributed by atoms with Crippen molar-refractivity contribution in [1.82, 2.24) is 15.0 Å². The first-order valence-corrected chi connectivity index (χ1v) is 6.95. The van der Waals surface area contributed by atoms with Gasteiger partial charge in [-0.25, -0.2) is 9.97 Å². The van der Waals surface area contributed by atoms with E-state index in [-0.39, 0.29) is 6.04 Å². The summed E-state index contributed by atoms with van der Waals surface area (Å²) in [6.07, 6.45) is 7.85. The van der Waals surface area contributed by atoms with Crippen LogP contribution in [0.2, 0.25) is 0 Å². The minimum atomic E-state index is 0.198. The number of hydrogen-bond acceptors (Lipinski definition) is 6. The maximum absolute atomic E-state index is 5.62. The van der Waals surface area contributed by atoms with Crippen LogP contribution in [0.4, 0.5) is 5.82 Å². The van der Waals surface area contributed by atoms with Gasteiger partial charge in [0.25, 0.3) is 5.88 Å². The molecule has 110 valence electrons. The Balaban J connectivity index is 1.69. The fourth-order valence-electron chi connectivity index (χ4n) is 2.53. The van der Waals surface area contributed by atoms with Gasteiger partial charge in [0, 0.05) is 30.7 Å². The number of pyridine rings is 1. The summed E-state index contributed by atoms with van der Waals surface area (Å²) in [7, 11) is 1.59. The summed E-state index contributed by atoms with van der Waals surface area (Å²) in [4.78, 5) is 12.5. The van der Waals surface area contributed by atoms with Gasteiger partial charge in [0.2, 0.25) is 0 Å². The second-order valence-electron chi connectivity index (χ2n) is 5.02. The quantitative estimate of drug-likeness (QED) is 0.899. The van der Waals surface area contributed by atoms with E-state index in [0.717, 1.165) is 13.0 Å². The highest BCUT2D eigenvalue weighted by Crippen LogP contribution is 2.25. The van der Waals surface area contributed by atoms with Crippen molar-refractivity contribution in [2.75, 3.05) is 25.6 Å². The van der Waals surface area contributed by atoms with Crippen LogP contribution >= 0.6 is 0 Å². The summed E-state index contributed by atoms with van der Waals surface area (Å²) >= 11 is 0. The number of ether oxygens (including phenoxy) is 2. The van der Waals surface area contributed by atoms with Crippen LogP contribution in [-0.2, 0) is 11.2 Å². The maximum Gasteiger partial charge on any atom is 0.257 e. The Morgan fingerprint density at radius 1 is 1.19 bits per heavy atom. The van der Waals surface area contributed by atoms with Crippen molar-refractivity contribution >= 4 is 5.82 Å². The van der Waals surface area contributed by atoms with Crippen LogP contribution in [-0.4, -0.2) is 41.3 Å². The van der Waals surface area contributed by atoms with Crippen molar-refractivity contribution < 1.29 is 9.47 Å². The minimum absolute atomic E-state index is 0.198. The lowest BCUT2D eigenvalue weighted by molar-refractivity contribution is 0.185. The Kier molecular flexibility index (Phi) is 4.25. The third-order valence-electron chi connectivity index (χ3n) is 3.63. The second kappa shape index (κ2) is 6.49. The highest BCUT2D eigenvalue weighted by atomic mass is 16.5. The molecule has 1 fully saturated rings. The van der Waals surface area contributed by atoms with Crippen LogP contribution in [0.5, 0.6) is 5.88 Å². The molecule has 1 saturated heterocycles. The van der Waals surface area contributed by atoms with Gasteiger partial charge in [-0.1, -0.05) is 0 Å². The van der Waals surface area contributed by atoms with Crippen LogP contribution in [0.25, 0.3) is 0 Å². The van der Waals surface area contributed by atoms with E-state index < -0.39 is 0 Å². The monoisotopic (exact) mass is 286 g/mol. The van der Waals surface area contributed by atoms with Crippen LogP contribution in [0.3, 0.4) is 0 Å². The second-order valence-corrected chi connectivity index (χ2v) is 5.02. The first-order valence-electron chi connectivity index (χ1n) is 6.95. The van der Waals surface area contributed by atoms with Gasteiger partial charge in [0.1, 0.15) is 0 Å². The Hall–Kier alpha value is -2.21. The molecule has 1 aliphatic heterocycles. The molecule has 6 heteroatoms. The molecule has 2 atom stereocenters. The summed E-state index contributed by atoms with van der Waals surface area (Å²) < 4.78 is 10.8. The van der Waals surface area contributed by atoms with E-state index in [1.165, 1.54) is 5.56 Å². The lowest BCUT2D eigenvalue weighted by atomic mass is 9.95. The van der Waals surface area contributed by atoms with Gasteiger partial charge >= 0.3 is 0 Å². The number of hydrogen-bond donors (Lipinski definition) is 1. The normalized spacial score (nSPS) is 21.2. The van der Waals surface area contributed by atoms with Gasteiger partial charge in [-0.2, -0.15) is 0 Å². The third-order valence-corrected chi connectivity index (χ3v) is 3.63. The molecule has 6 nitrogen and oxygen atoms in total. The third kappa shape index (κ3) is 3.28. The molecule has 0 spiro atoms. The zero-order chi connectivity index (χ0) is 14.5. The summed E-state index contributed by atoms with van der Waals surface area (Å²) in [5, 5.41) is 3.39. The van der Waals surface area contributed by atoms with Crippen LogP contribution in [0.1, 0.15) is 5.56 Å². The molecule has 3 heterocycles. The summed E-state index contributed by atoms with van der Waals surface area (Å²) in [5.74, 6) is 1.56. The maximum atomic E-state index is 5.62. The largest absolute Gasteiger partial charge is 0.478 e. The zero-order valence-electron chi connectivity index (χ0n) is 11.9. The molecule has 2 aromatic rings. The molecular formula is C15H18N4O2. The number of aromatic nitrogens is 3. The van der Waals surface area contributed by atoms with E-state index in [4.69, 9.17) is 9.47 Å². The molecule has 3 rings (SSSR count). The van der Waals surface area contributed by atoms with Gasteiger partial charge < -0.3 is 14.8 Å². The van der Waals surface area contributed by atoms with E-state index >= 15 is 0 Å². The molecule has 21 heavy (non-hydrogen) atoms. The number of anilines is 1. The summed E-state index contributed by atoms with van der Waals surface area (Å²) in [5.41, 5.74) is 1.26. The molecule has 1 N–H and O–H groups in total. The van der Waals surface area contributed by atoms with E-state index in [1.54, 1.807) is 19.5 Å². The van der Waals surface area contributed by atoms with E-state index in [9.17, 15) is 0 Å². The van der Waals surface area contributed by atoms with Gasteiger partial charge in [0.15, 0.2) is 5.82 Å². The minimum Gasteiger partial charge on any atom is -0.478 e. The van der Waals surface area contributed by atoms with Crippen molar-refractivity contribution in [3.05, 3.63) is 42.5 Å². The van der Waals surface area contributed by atoms with Crippen molar-refractivity contribution in [3.8, 4) is 5.88 Å². The number of nitrogens with one attached hydrogen (secondary N) is 1. The van der Waals surface area contributed by atoms with Crippen LogP contribution in [0, 0.1) is 5.92 Å². The smallest absolute Gasteiger partial charge is 0.257 e. The van der Waals surface area contributed by atoms with E-state index in [2.05, 4.69) is 20.3 Å². The summed E-state index contributed by atoms with van der Waals surface area (Å²) in [6.45, 7) is 1.40. The van der Waals surface area contributed by atoms with Crippen molar-refractivity contribution in [2.45, 2.75) is 12.5 Å². The summed E-state index contributed by atoms with van der Waals surface area (Å²) in [6, 6.07) is 4.28. The van der Waals surface area contributed by atoms with E-state index in [0.29, 0.717) is 24.2 Å². The Morgan fingerprint density at radius 3 is 2.81 bits per heavy atom. The Labute approximate surface area is 123 Å². The fourth-order valence-corrected chi connectivity index (χ4v) is 2.53. The lowest BCUT2D eigenvalue weighted by Gasteiger charge is -2.20. The van der Waals surface area contributed by atoms with Gasteiger partial charge in [-0.3, -0.25) is 4.98 Å². The van der Waals surface area contributed by atoms with Crippen LogP contribution < -0.4 is 10.1 Å².